The third-order valence-electron chi connectivity index (χ3n) is 6.55. The number of nitrogens with zero attached hydrogens (tertiary/aromatic N) is 2. The Morgan fingerprint density at radius 2 is 1.50 bits per heavy atom. The van der Waals surface area contributed by atoms with E-state index >= 15 is 0 Å². The van der Waals surface area contributed by atoms with Crippen molar-refractivity contribution in [3.8, 4) is 0 Å². The first-order valence-electron chi connectivity index (χ1n) is 9.34. The maximum atomic E-state index is 13.4. The van der Waals surface area contributed by atoms with Crippen molar-refractivity contribution in [2.75, 3.05) is 16.3 Å². The Labute approximate surface area is 154 Å². The standard InChI is InChI=1S/C23H24N2O/c1-22(2)15-9-5-7-11-17(15)24-14-21(26)25-18-12-8-6-10-16(18)23(3,4)20(25)13-19(22)24/h5-13,19H,14H2,1-4H3/t19-/m1/s1. The first-order valence-corrected chi connectivity index (χ1v) is 9.34. The van der Waals surface area contributed by atoms with E-state index in [-0.39, 0.29) is 22.8 Å². The summed E-state index contributed by atoms with van der Waals surface area (Å²) in [5.74, 6) is 0.157. The van der Waals surface area contributed by atoms with Crippen molar-refractivity contribution in [1.29, 1.82) is 0 Å². The summed E-state index contributed by atoms with van der Waals surface area (Å²) in [6, 6.07) is 17.0. The van der Waals surface area contributed by atoms with E-state index in [1.165, 1.54) is 16.8 Å². The van der Waals surface area contributed by atoms with Gasteiger partial charge in [-0.2, -0.15) is 0 Å². The number of rotatable bonds is 0. The van der Waals surface area contributed by atoms with Crippen molar-refractivity contribution in [2.24, 2.45) is 0 Å². The highest BCUT2D eigenvalue weighted by molar-refractivity contribution is 6.04. The van der Waals surface area contributed by atoms with Gasteiger partial charge in [-0.3, -0.25) is 9.69 Å². The molecule has 5 rings (SSSR count). The minimum Gasteiger partial charge on any atom is -0.355 e. The van der Waals surface area contributed by atoms with Gasteiger partial charge in [0, 0.05) is 22.2 Å². The van der Waals surface area contributed by atoms with Crippen LogP contribution in [0.4, 0.5) is 11.4 Å². The zero-order valence-corrected chi connectivity index (χ0v) is 15.8. The molecule has 3 heterocycles. The number of carbonyl (C=O) groups is 1. The molecule has 0 saturated carbocycles. The molecule has 0 radical (unpaired) electrons. The van der Waals surface area contributed by atoms with Crippen LogP contribution in [-0.4, -0.2) is 18.5 Å². The molecular formula is C23H24N2O. The molecule has 0 saturated heterocycles. The molecular weight excluding hydrogens is 320 g/mol. The number of hydrogen-bond donors (Lipinski definition) is 0. The molecule has 0 aromatic heterocycles. The number of benzene rings is 2. The minimum atomic E-state index is -0.173. The van der Waals surface area contributed by atoms with Crippen LogP contribution in [0.1, 0.15) is 38.8 Å². The fourth-order valence-electron chi connectivity index (χ4n) is 5.11. The summed E-state index contributed by atoms with van der Waals surface area (Å²) in [6.45, 7) is 9.46. The zero-order valence-electron chi connectivity index (χ0n) is 15.8. The van der Waals surface area contributed by atoms with Gasteiger partial charge in [0.25, 0.3) is 5.91 Å². The fraction of sp³-hybridized carbons (Fsp3) is 0.348. The second-order valence-electron chi connectivity index (χ2n) is 8.73. The van der Waals surface area contributed by atoms with E-state index in [2.05, 4.69) is 81.1 Å². The van der Waals surface area contributed by atoms with Crippen LogP contribution >= 0.6 is 0 Å². The van der Waals surface area contributed by atoms with E-state index < -0.39 is 0 Å². The largest absolute Gasteiger partial charge is 0.355 e. The van der Waals surface area contributed by atoms with Gasteiger partial charge in [0.1, 0.15) is 0 Å². The van der Waals surface area contributed by atoms with E-state index in [9.17, 15) is 4.79 Å². The van der Waals surface area contributed by atoms with Crippen LogP contribution in [0, 0.1) is 0 Å². The number of fused-ring (bicyclic) bond motifs is 6. The molecule has 132 valence electrons. The maximum Gasteiger partial charge on any atom is 0.250 e. The van der Waals surface area contributed by atoms with Crippen molar-refractivity contribution in [2.45, 2.75) is 44.6 Å². The molecule has 0 aliphatic carbocycles. The Bertz CT molecular complexity index is 970. The molecule has 3 nitrogen and oxygen atoms in total. The van der Waals surface area contributed by atoms with Gasteiger partial charge in [0.2, 0.25) is 0 Å². The number of anilines is 2. The monoisotopic (exact) mass is 344 g/mol. The van der Waals surface area contributed by atoms with Gasteiger partial charge in [-0.15, -0.1) is 0 Å². The van der Waals surface area contributed by atoms with Crippen LogP contribution in [-0.2, 0) is 15.6 Å². The smallest absolute Gasteiger partial charge is 0.250 e. The molecule has 3 aliphatic rings. The van der Waals surface area contributed by atoms with Crippen molar-refractivity contribution in [3.63, 3.8) is 0 Å². The molecule has 0 fully saturated rings. The van der Waals surface area contributed by atoms with E-state index in [1.54, 1.807) is 0 Å². The maximum absolute atomic E-state index is 13.4. The topological polar surface area (TPSA) is 23.6 Å². The fourth-order valence-corrected chi connectivity index (χ4v) is 5.11. The van der Waals surface area contributed by atoms with Crippen molar-refractivity contribution >= 4 is 17.3 Å². The zero-order chi connectivity index (χ0) is 18.3. The van der Waals surface area contributed by atoms with Gasteiger partial charge in [-0.05, 0) is 29.3 Å². The Morgan fingerprint density at radius 3 is 2.23 bits per heavy atom. The lowest BCUT2D eigenvalue weighted by atomic mass is 9.77. The summed E-state index contributed by atoms with van der Waals surface area (Å²) in [4.78, 5) is 17.6. The van der Waals surface area contributed by atoms with E-state index in [1.807, 2.05) is 11.0 Å². The van der Waals surface area contributed by atoms with Crippen LogP contribution in [0.2, 0.25) is 0 Å². The van der Waals surface area contributed by atoms with Crippen LogP contribution < -0.4 is 9.80 Å². The lowest BCUT2D eigenvalue weighted by Crippen LogP contribution is -2.42. The highest BCUT2D eigenvalue weighted by Crippen LogP contribution is 2.52. The molecule has 3 aliphatic heterocycles. The average Bonchev–Trinajstić information content (AvgIpc) is 2.87. The Morgan fingerprint density at radius 1 is 0.885 bits per heavy atom. The number of para-hydroxylation sites is 2. The third-order valence-corrected chi connectivity index (χ3v) is 6.55. The molecule has 3 heteroatoms. The second-order valence-corrected chi connectivity index (χ2v) is 8.73. The first-order chi connectivity index (χ1) is 12.3. The number of carbonyl (C=O) groups excluding carboxylic acids is 1. The van der Waals surface area contributed by atoms with Gasteiger partial charge in [-0.25, -0.2) is 0 Å². The van der Waals surface area contributed by atoms with Crippen molar-refractivity contribution in [3.05, 3.63) is 71.4 Å². The molecule has 2 aromatic carbocycles. The molecule has 0 unspecified atom stereocenters. The first kappa shape index (κ1) is 15.7. The number of hydrogen-bond acceptors (Lipinski definition) is 2. The summed E-state index contributed by atoms with van der Waals surface area (Å²) in [6.07, 6.45) is 2.35. The number of amides is 1. The Kier molecular flexibility index (Phi) is 2.89. The molecule has 1 atom stereocenters. The van der Waals surface area contributed by atoms with Crippen molar-refractivity contribution in [1.82, 2.24) is 0 Å². The molecule has 0 spiro atoms. The number of allylic oxidation sites excluding steroid dienone is 1. The lowest BCUT2D eigenvalue weighted by molar-refractivity contribution is -0.116. The summed E-state index contributed by atoms with van der Waals surface area (Å²) in [7, 11) is 0. The van der Waals surface area contributed by atoms with Crippen molar-refractivity contribution < 1.29 is 4.79 Å². The van der Waals surface area contributed by atoms with Crippen LogP contribution in [0.5, 0.6) is 0 Å². The summed E-state index contributed by atoms with van der Waals surface area (Å²) >= 11 is 0. The average molecular weight is 344 g/mol. The van der Waals surface area contributed by atoms with Crippen LogP contribution in [0.15, 0.2) is 60.3 Å². The van der Waals surface area contributed by atoms with Gasteiger partial charge in [-0.1, -0.05) is 64.1 Å². The van der Waals surface area contributed by atoms with Gasteiger partial charge >= 0.3 is 0 Å². The highest BCUT2D eigenvalue weighted by Gasteiger charge is 2.51. The SMILES string of the molecule is CC1(C)C2=C[C@H]3N(CC(=O)N2c2ccccc21)c1ccccc1C3(C)C. The van der Waals surface area contributed by atoms with E-state index in [0.29, 0.717) is 6.54 Å². The normalized spacial score (nSPS) is 24.4. The molecule has 0 bridgehead atoms. The Balaban J connectivity index is 1.74. The summed E-state index contributed by atoms with van der Waals surface area (Å²) < 4.78 is 0. The Hall–Kier alpha value is -2.55. The van der Waals surface area contributed by atoms with Crippen LogP contribution in [0.3, 0.4) is 0 Å². The summed E-state index contributed by atoms with van der Waals surface area (Å²) in [5, 5.41) is 0. The molecule has 2 aromatic rings. The van der Waals surface area contributed by atoms with E-state index in [0.717, 1.165) is 11.4 Å². The van der Waals surface area contributed by atoms with Gasteiger partial charge in [0.15, 0.2) is 0 Å². The quantitative estimate of drug-likeness (QED) is 0.708. The molecule has 1 amide bonds. The predicted octanol–water partition coefficient (Wildman–Crippen LogP) is 4.37. The highest BCUT2D eigenvalue weighted by atomic mass is 16.2. The minimum absolute atomic E-state index is 0.0370. The van der Waals surface area contributed by atoms with Gasteiger partial charge in [0.05, 0.1) is 18.3 Å². The molecule has 0 N–H and O–H groups in total. The molecule has 26 heavy (non-hydrogen) atoms. The van der Waals surface area contributed by atoms with E-state index in [4.69, 9.17) is 0 Å². The summed E-state index contributed by atoms with van der Waals surface area (Å²) in [5.41, 5.74) is 5.72. The van der Waals surface area contributed by atoms with Crippen LogP contribution in [0.25, 0.3) is 0 Å². The predicted molar refractivity (Wildman–Crippen MR) is 106 cm³/mol. The second kappa shape index (κ2) is 4.79. The van der Waals surface area contributed by atoms with Gasteiger partial charge < -0.3 is 4.90 Å². The lowest BCUT2D eigenvalue weighted by Gasteiger charge is -2.31. The third kappa shape index (κ3) is 1.76.